The fraction of sp³-hybridized carbons (Fsp3) is 0.562. The van der Waals surface area contributed by atoms with Crippen LogP contribution in [0.3, 0.4) is 0 Å². The standard InChI is InChI=1S/C16H23ClN2O/c1-2-19(12-13-7-9-18-10-8-13)16(20)11-14-5-3-4-6-15(14)17/h3-6,13,18H,2,7-12H2,1H3. The maximum Gasteiger partial charge on any atom is 0.227 e. The van der Waals surface area contributed by atoms with Crippen LogP contribution < -0.4 is 5.32 Å². The van der Waals surface area contributed by atoms with Gasteiger partial charge in [-0.15, -0.1) is 0 Å². The fourth-order valence-corrected chi connectivity index (χ4v) is 2.90. The first-order chi connectivity index (χ1) is 9.70. The molecule has 1 aliphatic heterocycles. The Bertz CT molecular complexity index is 444. The Kier molecular flexibility index (Phi) is 5.86. The summed E-state index contributed by atoms with van der Waals surface area (Å²) in [4.78, 5) is 14.4. The van der Waals surface area contributed by atoms with Crippen LogP contribution in [0.1, 0.15) is 25.3 Å². The van der Waals surface area contributed by atoms with E-state index in [1.165, 1.54) is 0 Å². The van der Waals surface area contributed by atoms with Gasteiger partial charge in [0.15, 0.2) is 0 Å². The van der Waals surface area contributed by atoms with Crippen molar-refractivity contribution in [2.45, 2.75) is 26.2 Å². The Morgan fingerprint density at radius 2 is 2.05 bits per heavy atom. The van der Waals surface area contributed by atoms with Crippen molar-refractivity contribution in [3.8, 4) is 0 Å². The number of likely N-dealkylation sites (N-methyl/N-ethyl adjacent to an activating group) is 1. The largest absolute Gasteiger partial charge is 0.342 e. The Balaban J connectivity index is 1.93. The van der Waals surface area contributed by atoms with Crippen LogP contribution >= 0.6 is 11.6 Å². The van der Waals surface area contributed by atoms with E-state index in [0.717, 1.165) is 44.6 Å². The van der Waals surface area contributed by atoms with Crippen molar-refractivity contribution < 1.29 is 4.79 Å². The minimum absolute atomic E-state index is 0.180. The summed E-state index contributed by atoms with van der Waals surface area (Å²) in [6, 6.07) is 7.59. The second kappa shape index (κ2) is 7.65. The monoisotopic (exact) mass is 294 g/mol. The minimum Gasteiger partial charge on any atom is -0.342 e. The second-order valence-corrected chi connectivity index (χ2v) is 5.80. The quantitative estimate of drug-likeness (QED) is 0.906. The van der Waals surface area contributed by atoms with Gasteiger partial charge in [-0.2, -0.15) is 0 Å². The molecule has 1 aromatic carbocycles. The molecule has 0 bridgehead atoms. The van der Waals surface area contributed by atoms with E-state index >= 15 is 0 Å². The highest BCUT2D eigenvalue weighted by molar-refractivity contribution is 6.31. The zero-order valence-electron chi connectivity index (χ0n) is 12.1. The van der Waals surface area contributed by atoms with Crippen LogP contribution in [0.25, 0.3) is 0 Å². The molecular formula is C16H23ClN2O. The Morgan fingerprint density at radius 3 is 2.70 bits per heavy atom. The lowest BCUT2D eigenvalue weighted by Gasteiger charge is -2.29. The Morgan fingerprint density at radius 1 is 1.35 bits per heavy atom. The van der Waals surface area contributed by atoms with E-state index in [4.69, 9.17) is 11.6 Å². The number of nitrogens with zero attached hydrogens (tertiary/aromatic N) is 1. The van der Waals surface area contributed by atoms with Gasteiger partial charge >= 0.3 is 0 Å². The molecule has 0 saturated carbocycles. The number of hydrogen-bond acceptors (Lipinski definition) is 2. The highest BCUT2D eigenvalue weighted by Crippen LogP contribution is 2.18. The molecule has 1 N–H and O–H groups in total. The van der Waals surface area contributed by atoms with E-state index in [-0.39, 0.29) is 5.91 Å². The molecule has 1 aromatic rings. The van der Waals surface area contributed by atoms with Gasteiger partial charge in [0.1, 0.15) is 0 Å². The average molecular weight is 295 g/mol. The predicted molar refractivity (Wildman–Crippen MR) is 83.0 cm³/mol. The van der Waals surface area contributed by atoms with E-state index in [2.05, 4.69) is 5.32 Å². The van der Waals surface area contributed by atoms with Crippen LogP contribution in [0.5, 0.6) is 0 Å². The van der Waals surface area contributed by atoms with Crippen molar-refractivity contribution in [3.05, 3.63) is 34.9 Å². The number of amides is 1. The summed E-state index contributed by atoms with van der Waals surface area (Å²) >= 11 is 6.13. The summed E-state index contributed by atoms with van der Waals surface area (Å²) < 4.78 is 0. The Hall–Kier alpha value is -1.06. The van der Waals surface area contributed by atoms with Gasteiger partial charge in [0.2, 0.25) is 5.91 Å². The van der Waals surface area contributed by atoms with E-state index in [1.54, 1.807) is 0 Å². The molecule has 0 atom stereocenters. The highest BCUT2D eigenvalue weighted by Gasteiger charge is 2.20. The maximum absolute atomic E-state index is 12.4. The van der Waals surface area contributed by atoms with E-state index in [0.29, 0.717) is 17.4 Å². The first-order valence-electron chi connectivity index (χ1n) is 7.42. The molecule has 1 saturated heterocycles. The third kappa shape index (κ3) is 4.22. The van der Waals surface area contributed by atoms with Gasteiger partial charge in [-0.3, -0.25) is 4.79 Å². The number of rotatable bonds is 5. The van der Waals surface area contributed by atoms with Crippen molar-refractivity contribution in [2.24, 2.45) is 5.92 Å². The molecule has 0 aromatic heterocycles. The molecule has 1 amide bonds. The van der Waals surface area contributed by atoms with Crippen LogP contribution in [-0.4, -0.2) is 37.0 Å². The number of nitrogens with one attached hydrogen (secondary N) is 1. The van der Waals surface area contributed by atoms with Crippen LogP contribution in [0.2, 0.25) is 5.02 Å². The molecular weight excluding hydrogens is 272 g/mol. The zero-order valence-corrected chi connectivity index (χ0v) is 12.8. The fourth-order valence-electron chi connectivity index (χ4n) is 2.70. The molecule has 1 fully saturated rings. The van der Waals surface area contributed by atoms with Gasteiger partial charge in [-0.25, -0.2) is 0 Å². The number of carbonyl (C=O) groups is 1. The highest BCUT2D eigenvalue weighted by atomic mass is 35.5. The Labute approximate surface area is 126 Å². The topological polar surface area (TPSA) is 32.3 Å². The molecule has 110 valence electrons. The first kappa shape index (κ1) is 15.3. The van der Waals surface area contributed by atoms with Crippen molar-refractivity contribution in [3.63, 3.8) is 0 Å². The molecule has 0 aliphatic carbocycles. The summed E-state index contributed by atoms with van der Waals surface area (Å²) in [7, 11) is 0. The maximum atomic E-state index is 12.4. The van der Waals surface area contributed by atoms with E-state index < -0.39 is 0 Å². The number of benzene rings is 1. The molecule has 0 spiro atoms. The van der Waals surface area contributed by atoms with Crippen molar-refractivity contribution in [1.29, 1.82) is 0 Å². The summed E-state index contributed by atoms with van der Waals surface area (Å²) in [5.74, 6) is 0.811. The molecule has 1 aliphatic rings. The first-order valence-corrected chi connectivity index (χ1v) is 7.80. The lowest BCUT2D eigenvalue weighted by Crippen LogP contribution is -2.39. The zero-order chi connectivity index (χ0) is 14.4. The average Bonchev–Trinajstić information content (AvgIpc) is 2.48. The second-order valence-electron chi connectivity index (χ2n) is 5.39. The van der Waals surface area contributed by atoms with Crippen LogP contribution in [0.15, 0.2) is 24.3 Å². The minimum atomic E-state index is 0.180. The molecule has 4 heteroatoms. The van der Waals surface area contributed by atoms with Gasteiger partial charge in [-0.05, 0) is 50.4 Å². The molecule has 1 heterocycles. The molecule has 2 rings (SSSR count). The SMILES string of the molecule is CCN(CC1CCNCC1)C(=O)Cc1ccccc1Cl. The number of hydrogen-bond donors (Lipinski definition) is 1. The van der Waals surface area contributed by atoms with Gasteiger partial charge in [0.25, 0.3) is 0 Å². The number of piperidine rings is 1. The number of halogens is 1. The molecule has 3 nitrogen and oxygen atoms in total. The van der Waals surface area contributed by atoms with Crippen molar-refractivity contribution in [2.75, 3.05) is 26.2 Å². The summed E-state index contributed by atoms with van der Waals surface area (Å²) in [5, 5.41) is 4.04. The van der Waals surface area contributed by atoms with Crippen molar-refractivity contribution in [1.82, 2.24) is 10.2 Å². The smallest absolute Gasteiger partial charge is 0.227 e. The van der Waals surface area contributed by atoms with Crippen LogP contribution in [-0.2, 0) is 11.2 Å². The number of carbonyl (C=O) groups excluding carboxylic acids is 1. The summed E-state index contributed by atoms with van der Waals surface area (Å²) in [6.45, 7) is 5.84. The van der Waals surface area contributed by atoms with Crippen molar-refractivity contribution >= 4 is 17.5 Å². The third-order valence-corrected chi connectivity index (χ3v) is 4.34. The lowest BCUT2D eigenvalue weighted by molar-refractivity contribution is -0.131. The van der Waals surface area contributed by atoms with E-state index in [1.807, 2.05) is 36.1 Å². The van der Waals surface area contributed by atoms with Gasteiger partial charge in [0, 0.05) is 18.1 Å². The lowest BCUT2D eigenvalue weighted by atomic mass is 9.97. The summed E-state index contributed by atoms with van der Waals surface area (Å²) in [5.41, 5.74) is 0.919. The predicted octanol–water partition coefficient (Wildman–Crippen LogP) is 2.73. The summed E-state index contributed by atoms with van der Waals surface area (Å²) in [6.07, 6.45) is 2.73. The third-order valence-electron chi connectivity index (χ3n) is 3.97. The van der Waals surface area contributed by atoms with Gasteiger partial charge in [-0.1, -0.05) is 29.8 Å². The van der Waals surface area contributed by atoms with Crippen LogP contribution in [0, 0.1) is 5.92 Å². The van der Waals surface area contributed by atoms with E-state index in [9.17, 15) is 4.79 Å². The van der Waals surface area contributed by atoms with Gasteiger partial charge < -0.3 is 10.2 Å². The molecule has 20 heavy (non-hydrogen) atoms. The molecule has 0 unspecified atom stereocenters. The van der Waals surface area contributed by atoms with Crippen LogP contribution in [0.4, 0.5) is 0 Å². The van der Waals surface area contributed by atoms with Gasteiger partial charge in [0.05, 0.1) is 6.42 Å². The normalized spacial score (nSPS) is 16.1. The molecule has 0 radical (unpaired) electrons.